The van der Waals surface area contributed by atoms with Gasteiger partial charge in [0.1, 0.15) is 15.8 Å². The Kier molecular flexibility index (Phi) is 6.16. The van der Waals surface area contributed by atoms with Gasteiger partial charge in [-0.25, -0.2) is 4.98 Å². The number of anilines is 1. The van der Waals surface area contributed by atoms with Crippen molar-refractivity contribution < 1.29 is 9.59 Å². The highest BCUT2D eigenvalue weighted by Gasteiger charge is 2.32. The van der Waals surface area contributed by atoms with Crippen LogP contribution in [0.4, 0.5) is 5.82 Å². The van der Waals surface area contributed by atoms with Crippen LogP contribution in [0.15, 0.2) is 40.7 Å². The van der Waals surface area contributed by atoms with Gasteiger partial charge in [-0.15, -0.1) is 6.58 Å². The van der Waals surface area contributed by atoms with Gasteiger partial charge in [-0.3, -0.25) is 23.7 Å². The summed E-state index contributed by atoms with van der Waals surface area (Å²) in [6.07, 6.45) is 6.10. The molecule has 4 rings (SSSR count). The summed E-state index contributed by atoms with van der Waals surface area (Å²) >= 11 is 6.48. The number of hydrogen-bond donors (Lipinski definition) is 1. The summed E-state index contributed by atoms with van der Waals surface area (Å²) in [5.41, 5.74) is 6.96. The number of primary amides is 1. The second-order valence-corrected chi connectivity index (χ2v) is 9.51. The molecule has 0 bridgehead atoms. The van der Waals surface area contributed by atoms with Crippen LogP contribution in [0.1, 0.15) is 24.0 Å². The molecule has 166 valence electrons. The molecule has 4 heterocycles. The van der Waals surface area contributed by atoms with Crippen molar-refractivity contribution in [3.63, 3.8) is 0 Å². The van der Waals surface area contributed by atoms with Crippen LogP contribution in [0.5, 0.6) is 0 Å². The fourth-order valence-electron chi connectivity index (χ4n) is 3.91. The van der Waals surface area contributed by atoms with E-state index in [0.717, 1.165) is 17.3 Å². The Morgan fingerprint density at radius 3 is 2.72 bits per heavy atom. The maximum Gasteiger partial charge on any atom is 0.267 e. The maximum absolute atomic E-state index is 13.5. The second-order valence-electron chi connectivity index (χ2n) is 7.83. The maximum atomic E-state index is 13.5. The van der Waals surface area contributed by atoms with Crippen molar-refractivity contribution in [2.45, 2.75) is 19.8 Å². The molecule has 2 saturated heterocycles. The van der Waals surface area contributed by atoms with E-state index < -0.39 is 0 Å². The van der Waals surface area contributed by atoms with Gasteiger partial charge in [0.25, 0.3) is 11.5 Å². The van der Waals surface area contributed by atoms with E-state index in [4.69, 9.17) is 22.9 Å². The molecular formula is C22H23N5O3S2. The molecule has 10 heteroatoms. The number of pyridine rings is 1. The van der Waals surface area contributed by atoms with Crippen LogP contribution in [0, 0.1) is 12.8 Å². The topological polar surface area (TPSA) is 101 Å². The van der Waals surface area contributed by atoms with E-state index in [1.807, 2.05) is 17.9 Å². The molecule has 0 aliphatic carbocycles. The zero-order chi connectivity index (χ0) is 23.0. The molecule has 2 aliphatic heterocycles. The largest absolute Gasteiger partial charge is 0.369 e. The molecule has 8 nitrogen and oxygen atoms in total. The third-order valence-corrected chi connectivity index (χ3v) is 7.02. The van der Waals surface area contributed by atoms with Gasteiger partial charge in [-0.05, 0) is 37.5 Å². The summed E-state index contributed by atoms with van der Waals surface area (Å²) in [5, 5.41) is 0. The van der Waals surface area contributed by atoms with Gasteiger partial charge in [0.15, 0.2) is 0 Å². The minimum atomic E-state index is -0.308. The molecule has 2 aliphatic rings. The Morgan fingerprint density at radius 1 is 1.34 bits per heavy atom. The van der Waals surface area contributed by atoms with Gasteiger partial charge < -0.3 is 10.6 Å². The van der Waals surface area contributed by atoms with Crippen molar-refractivity contribution in [1.29, 1.82) is 0 Å². The number of fused-ring (bicyclic) bond motifs is 1. The van der Waals surface area contributed by atoms with Crippen LogP contribution in [-0.4, -0.2) is 50.1 Å². The van der Waals surface area contributed by atoms with Crippen LogP contribution < -0.4 is 16.2 Å². The highest BCUT2D eigenvalue weighted by molar-refractivity contribution is 8.26. The van der Waals surface area contributed by atoms with Crippen molar-refractivity contribution >= 4 is 57.7 Å². The zero-order valence-corrected chi connectivity index (χ0v) is 19.2. The average Bonchev–Trinajstić information content (AvgIpc) is 3.03. The third kappa shape index (κ3) is 4.07. The fourth-order valence-corrected chi connectivity index (χ4v) is 5.16. The molecule has 0 radical (unpaired) electrons. The van der Waals surface area contributed by atoms with E-state index in [2.05, 4.69) is 6.58 Å². The number of thiocarbonyl (C=S) groups is 1. The molecule has 0 aromatic carbocycles. The quantitative estimate of drug-likeness (QED) is 0.406. The number of aromatic nitrogens is 2. The number of carbonyl (C=O) groups excluding carboxylic acids is 2. The van der Waals surface area contributed by atoms with Crippen molar-refractivity contribution in [2.24, 2.45) is 11.7 Å². The monoisotopic (exact) mass is 469 g/mol. The van der Waals surface area contributed by atoms with Crippen LogP contribution in [0.25, 0.3) is 11.7 Å². The van der Waals surface area contributed by atoms with Gasteiger partial charge in [0.05, 0.1) is 10.5 Å². The highest BCUT2D eigenvalue weighted by Crippen LogP contribution is 2.34. The van der Waals surface area contributed by atoms with E-state index in [1.54, 1.807) is 24.4 Å². The number of nitrogens with zero attached hydrogens (tertiary/aromatic N) is 4. The Morgan fingerprint density at radius 2 is 2.06 bits per heavy atom. The number of nitrogens with two attached hydrogens (primary N) is 1. The van der Waals surface area contributed by atoms with Gasteiger partial charge in [0, 0.05) is 31.7 Å². The van der Waals surface area contributed by atoms with Crippen molar-refractivity contribution in [1.82, 2.24) is 14.3 Å². The lowest BCUT2D eigenvalue weighted by molar-refractivity contribution is -0.122. The van der Waals surface area contributed by atoms with Crippen molar-refractivity contribution in [3.05, 3.63) is 57.4 Å². The second kappa shape index (κ2) is 8.87. The molecule has 2 N–H and O–H groups in total. The lowest BCUT2D eigenvalue weighted by atomic mass is 9.96. The molecule has 0 atom stereocenters. The number of piperidine rings is 1. The van der Waals surface area contributed by atoms with E-state index in [1.165, 1.54) is 9.30 Å². The van der Waals surface area contributed by atoms with Crippen molar-refractivity contribution in [3.8, 4) is 0 Å². The number of rotatable bonds is 5. The smallest absolute Gasteiger partial charge is 0.267 e. The van der Waals surface area contributed by atoms with E-state index >= 15 is 0 Å². The first-order chi connectivity index (χ1) is 15.3. The van der Waals surface area contributed by atoms with Gasteiger partial charge >= 0.3 is 0 Å². The van der Waals surface area contributed by atoms with E-state index in [0.29, 0.717) is 58.7 Å². The van der Waals surface area contributed by atoms with Crippen LogP contribution in [-0.2, 0) is 9.59 Å². The Labute approximate surface area is 194 Å². The number of hydrogen-bond acceptors (Lipinski definition) is 7. The van der Waals surface area contributed by atoms with Crippen LogP contribution >= 0.6 is 24.0 Å². The molecule has 2 aromatic rings. The SMILES string of the molecule is C=CCN1C(=O)/C(=C\c2c(N3CCC(C(N)=O)CC3)nc3ccc(C)cn3c2=O)SC1=S. The van der Waals surface area contributed by atoms with E-state index in [-0.39, 0.29) is 23.3 Å². The average molecular weight is 470 g/mol. The van der Waals surface area contributed by atoms with Gasteiger partial charge in [-0.1, -0.05) is 36.1 Å². The van der Waals surface area contributed by atoms with Crippen LogP contribution in [0.3, 0.4) is 0 Å². The lowest BCUT2D eigenvalue weighted by Crippen LogP contribution is -2.40. The summed E-state index contributed by atoms with van der Waals surface area (Å²) in [6, 6.07) is 3.69. The highest BCUT2D eigenvalue weighted by atomic mass is 32.2. The summed E-state index contributed by atoms with van der Waals surface area (Å²) in [6.45, 7) is 6.96. The number of aryl methyl sites for hydroxylation is 1. The van der Waals surface area contributed by atoms with Gasteiger partial charge in [-0.2, -0.15) is 0 Å². The fraction of sp³-hybridized carbons (Fsp3) is 0.318. The standard InChI is InChI=1S/C22H23N5O3S2/c1-3-8-26-21(30)16(32-22(26)31)11-15-19(25-9-6-14(7-10-25)18(23)28)24-17-5-4-13(2)12-27(17)20(15)29/h3-5,11-12,14H,1,6-10H2,2H3,(H2,23,28)/b16-11+. The molecule has 2 aromatic heterocycles. The number of amides is 2. The van der Waals surface area contributed by atoms with Crippen molar-refractivity contribution in [2.75, 3.05) is 24.5 Å². The Hall–Kier alpha value is -2.98. The van der Waals surface area contributed by atoms with Gasteiger partial charge in [0.2, 0.25) is 5.91 Å². The molecule has 2 fully saturated rings. The molecule has 2 amide bonds. The molecular weight excluding hydrogens is 446 g/mol. The van der Waals surface area contributed by atoms with Crippen LogP contribution in [0.2, 0.25) is 0 Å². The lowest BCUT2D eigenvalue weighted by Gasteiger charge is -2.32. The molecule has 0 spiro atoms. The minimum absolute atomic E-state index is 0.186. The predicted molar refractivity (Wildman–Crippen MR) is 130 cm³/mol. The number of thioether (sulfide) groups is 1. The molecule has 0 saturated carbocycles. The first-order valence-electron chi connectivity index (χ1n) is 10.2. The Balaban J connectivity index is 1.82. The predicted octanol–water partition coefficient (Wildman–Crippen LogP) is 2.09. The molecule has 0 unspecified atom stereocenters. The minimum Gasteiger partial charge on any atom is -0.369 e. The normalized spacial score (nSPS) is 18.7. The zero-order valence-electron chi connectivity index (χ0n) is 17.6. The summed E-state index contributed by atoms with van der Waals surface area (Å²) in [4.78, 5) is 46.5. The van der Waals surface area contributed by atoms with E-state index in [9.17, 15) is 14.4 Å². The Bertz CT molecular complexity index is 1230. The third-order valence-electron chi connectivity index (χ3n) is 5.64. The summed E-state index contributed by atoms with van der Waals surface area (Å²) in [7, 11) is 0. The first-order valence-corrected chi connectivity index (χ1v) is 11.5. The summed E-state index contributed by atoms with van der Waals surface area (Å²) < 4.78 is 1.92. The first kappa shape index (κ1) is 22.2. The number of carbonyl (C=O) groups is 2. The molecule has 32 heavy (non-hydrogen) atoms. The summed E-state index contributed by atoms with van der Waals surface area (Å²) in [5.74, 6) is -0.255.